The molecule has 0 bridgehead atoms. The number of rotatable bonds is 31. The lowest BCUT2D eigenvalue weighted by Crippen LogP contribution is -2.13. The zero-order valence-electron chi connectivity index (χ0n) is 27.5. The minimum Gasteiger partial charge on any atom is -0.481 e. The highest BCUT2D eigenvalue weighted by atomic mass is 16.5. The molecular weight excluding hydrogens is 520 g/mol. The van der Waals surface area contributed by atoms with E-state index in [4.69, 9.17) is 9.84 Å². The molecule has 0 spiro atoms. The molecule has 0 rings (SSSR count). The number of carboxylic acid groups (broad SMARTS) is 1. The fraction of sp³-hybridized carbons (Fsp3) is 0.737. The van der Waals surface area contributed by atoms with E-state index >= 15 is 0 Å². The Kier molecular flexibility index (Phi) is 31.7. The Bertz CT molecular complexity index is 719. The van der Waals surface area contributed by atoms with Crippen molar-refractivity contribution in [3.63, 3.8) is 0 Å². The number of carboxylic acids is 1. The second kappa shape index (κ2) is 33.4. The monoisotopic (exact) mass is 586 g/mol. The van der Waals surface area contributed by atoms with Gasteiger partial charge in [-0.3, -0.25) is 9.59 Å². The van der Waals surface area contributed by atoms with Crippen LogP contribution < -0.4 is 0 Å². The maximum Gasteiger partial charge on any atom is 0.306 e. The van der Waals surface area contributed by atoms with Crippen molar-refractivity contribution in [3.05, 3.63) is 48.6 Å². The summed E-state index contributed by atoms with van der Waals surface area (Å²) in [6.07, 6.45) is 44.6. The van der Waals surface area contributed by atoms with E-state index in [2.05, 4.69) is 50.3 Å². The summed E-state index contributed by atoms with van der Waals surface area (Å²) < 4.78 is 5.73. The van der Waals surface area contributed by atoms with Gasteiger partial charge < -0.3 is 9.84 Å². The van der Waals surface area contributed by atoms with Crippen LogP contribution in [0.3, 0.4) is 0 Å². The number of ether oxygens (including phenoxy) is 1. The zero-order valence-corrected chi connectivity index (χ0v) is 27.5. The van der Waals surface area contributed by atoms with Crippen LogP contribution in [0.15, 0.2) is 48.6 Å². The summed E-state index contributed by atoms with van der Waals surface area (Å²) in [5, 5.41) is 8.73. The largest absolute Gasteiger partial charge is 0.481 e. The van der Waals surface area contributed by atoms with Crippen molar-refractivity contribution in [2.24, 2.45) is 0 Å². The molecule has 0 aliphatic rings. The molecule has 1 atom stereocenters. The summed E-state index contributed by atoms with van der Waals surface area (Å²) >= 11 is 0. The Hall–Kier alpha value is -2.10. The van der Waals surface area contributed by atoms with Crippen LogP contribution in [0.2, 0.25) is 0 Å². The fourth-order valence-electron chi connectivity index (χ4n) is 4.90. The highest BCUT2D eigenvalue weighted by Crippen LogP contribution is 2.13. The Balaban J connectivity index is 3.88. The van der Waals surface area contributed by atoms with Gasteiger partial charge in [-0.15, -0.1) is 0 Å². The molecule has 1 unspecified atom stereocenters. The van der Waals surface area contributed by atoms with E-state index in [0.717, 1.165) is 44.9 Å². The quantitative estimate of drug-likeness (QED) is 0.0498. The third-order valence-corrected chi connectivity index (χ3v) is 7.50. The maximum atomic E-state index is 12.4. The van der Waals surface area contributed by atoms with E-state index in [-0.39, 0.29) is 18.5 Å². The van der Waals surface area contributed by atoms with Crippen LogP contribution >= 0.6 is 0 Å². The van der Waals surface area contributed by atoms with E-state index in [1.807, 2.05) is 12.2 Å². The summed E-state index contributed by atoms with van der Waals surface area (Å²) in [5.41, 5.74) is 0. The third kappa shape index (κ3) is 32.4. The Labute approximate surface area is 260 Å². The molecular formula is C38H66O4. The summed E-state index contributed by atoms with van der Waals surface area (Å²) in [5.74, 6) is -0.858. The molecule has 4 heteroatoms. The topological polar surface area (TPSA) is 63.6 Å². The molecule has 0 amide bonds. The van der Waals surface area contributed by atoms with Gasteiger partial charge >= 0.3 is 11.9 Å². The van der Waals surface area contributed by atoms with Crippen LogP contribution in [0, 0.1) is 0 Å². The van der Waals surface area contributed by atoms with Crippen molar-refractivity contribution in [1.82, 2.24) is 0 Å². The average molecular weight is 587 g/mol. The third-order valence-electron chi connectivity index (χ3n) is 7.50. The number of carbonyl (C=O) groups excluding carboxylic acids is 1. The molecule has 4 nitrogen and oxygen atoms in total. The number of aliphatic carboxylic acids is 1. The number of hydrogen-bond donors (Lipinski definition) is 1. The van der Waals surface area contributed by atoms with Crippen molar-refractivity contribution >= 4 is 11.9 Å². The second-order valence-electron chi connectivity index (χ2n) is 11.7. The molecule has 0 aromatic carbocycles. The number of carbonyl (C=O) groups is 2. The highest BCUT2D eigenvalue weighted by molar-refractivity contribution is 5.69. The first-order chi connectivity index (χ1) is 20.6. The van der Waals surface area contributed by atoms with Gasteiger partial charge in [-0.2, -0.15) is 0 Å². The predicted molar refractivity (Wildman–Crippen MR) is 181 cm³/mol. The van der Waals surface area contributed by atoms with Crippen LogP contribution in [-0.2, 0) is 14.3 Å². The Morgan fingerprint density at radius 2 is 1.02 bits per heavy atom. The van der Waals surface area contributed by atoms with Crippen molar-refractivity contribution in [1.29, 1.82) is 0 Å². The van der Waals surface area contributed by atoms with Gasteiger partial charge in [0.2, 0.25) is 0 Å². The number of unbranched alkanes of at least 4 members (excludes halogenated alkanes) is 18. The van der Waals surface area contributed by atoms with Crippen molar-refractivity contribution in [2.45, 2.75) is 180 Å². The minimum atomic E-state index is -0.733. The van der Waals surface area contributed by atoms with Crippen LogP contribution in [0.5, 0.6) is 0 Å². The van der Waals surface area contributed by atoms with Gasteiger partial charge in [0.15, 0.2) is 0 Å². The SMILES string of the molecule is CC/C=C\C/C=C\C(/C=C\CCCCCC(=O)O)OC(=O)CCCCCCCCCCC/C=C\CCCCCCCC. The van der Waals surface area contributed by atoms with E-state index in [0.29, 0.717) is 12.8 Å². The lowest BCUT2D eigenvalue weighted by Gasteiger charge is -2.11. The van der Waals surface area contributed by atoms with Gasteiger partial charge in [-0.05, 0) is 76.4 Å². The van der Waals surface area contributed by atoms with Gasteiger partial charge in [0.25, 0.3) is 0 Å². The lowest BCUT2D eigenvalue weighted by atomic mass is 10.1. The summed E-state index contributed by atoms with van der Waals surface area (Å²) in [4.78, 5) is 23.1. The molecule has 0 heterocycles. The molecule has 0 fully saturated rings. The van der Waals surface area contributed by atoms with Gasteiger partial charge in [0.1, 0.15) is 6.10 Å². The molecule has 42 heavy (non-hydrogen) atoms. The smallest absolute Gasteiger partial charge is 0.306 e. The molecule has 0 aliphatic carbocycles. The number of esters is 1. The fourth-order valence-corrected chi connectivity index (χ4v) is 4.90. The zero-order chi connectivity index (χ0) is 30.8. The van der Waals surface area contributed by atoms with Gasteiger partial charge in [0, 0.05) is 12.8 Å². The molecule has 1 N–H and O–H groups in total. The second-order valence-corrected chi connectivity index (χ2v) is 11.7. The maximum absolute atomic E-state index is 12.4. The molecule has 0 aromatic rings. The van der Waals surface area contributed by atoms with Gasteiger partial charge in [0.05, 0.1) is 0 Å². The van der Waals surface area contributed by atoms with E-state index in [9.17, 15) is 9.59 Å². The molecule has 0 radical (unpaired) electrons. The first-order valence-corrected chi connectivity index (χ1v) is 17.6. The molecule has 0 aromatic heterocycles. The van der Waals surface area contributed by atoms with Crippen LogP contribution in [0.4, 0.5) is 0 Å². The first kappa shape index (κ1) is 39.9. The minimum absolute atomic E-state index is 0.124. The first-order valence-electron chi connectivity index (χ1n) is 17.6. The normalized spacial score (nSPS) is 12.8. The number of allylic oxidation sites excluding steroid dienone is 6. The van der Waals surface area contributed by atoms with Crippen molar-refractivity contribution in [2.75, 3.05) is 0 Å². The van der Waals surface area contributed by atoms with Gasteiger partial charge in [-0.1, -0.05) is 134 Å². The van der Waals surface area contributed by atoms with E-state index in [1.54, 1.807) is 0 Å². The summed E-state index contributed by atoms with van der Waals surface area (Å²) in [7, 11) is 0. The van der Waals surface area contributed by atoms with Gasteiger partial charge in [-0.25, -0.2) is 0 Å². The predicted octanol–water partition coefficient (Wildman–Crippen LogP) is 12.0. The summed E-state index contributed by atoms with van der Waals surface area (Å²) in [6, 6.07) is 0. The van der Waals surface area contributed by atoms with Crippen molar-refractivity contribution < 1.29 is 19.4 Å². The highest BCUT2D eigenvalue weighted by Gasteiger charge is 2.08. The molecule has 0 saturated heterocycles. The van der Waals surface area contributed by atoms with E-state index < -0.39 is 5.97 Å². The van der Waals surface area contributed by atoms with Crippen molar-refractivity contribution in [3.8, 4) is 0 Å². The Morgan fingerprint density at radius 1 is 0.548 bits per heavy atom. The standard InChI is InChI=1S/C38H66O4/c1-3-5-7-9-10-11-12-13-14-15-16-17-18-19-20-21-22-27-31-35-38(41)42-36(32-28-24-8-6-4-2)33-29-25-23-26-30-34-37(39)40/h6,8,13-14,28-29,32-33,36H,3-5,7,9-12,15-27,30-31,34-35H2,1-2H3,(H,39,40)/b8-6-,14-13-,32-28-,33-29-. The van der Waals surface area contributed by atoms with Crippen LogP contribution in [0.25, 0.3) is 0 Å². The molecule has 242 valence electrons. The number of hydrogen-bond acceptors (Lipinski definition) is 3. The molecule has 0 aliphatic heterocycles. The van der Waals surface area contributed by atoms with Crippen LogP contribution in [-0.4, -0.2) is 23.1 Å². The molecule has 0 saturated carbocycles. The lowest BCUT2D eigenvalue weighted by molar-refractivity contribution is -0.145. The Morgan fingerprint density at radius 3 is 1.60 bits per heavy atom. The van der Waals surface area contributed by atoms with Crippen LogP contribution in [0.1, 0.15) is 174 Å². The van der Waals surface area contributed by atoms with E-state index in [1.165, 1.54) is 96.3 Å². The average Bonchev–Trinajstić information content (AvgIpc) is 2.97. The summed E-state index contributed by atoms with van der Waals surface area (Å²) in [6.45, 7) is 4.39.